The smallest absolute Gasteiger partial charge is 0.219 e. The molecule has 0 saturated carbocycles. The fourth-order valence-corrected chi connectivity index (χ4v) is 6.60. The summed E-state index contributed by atoms with van der Waals surface area (Å²) in [6.45, 7) is 12.4. The second-order valence-electron chi connectivity index (χ2n) is 8.73. The molecule has 0 spiro atoms. The van der Waals surface area contributed by atoms with Crippen LogP contribution in [0.15, 0.2) is 18.5 Å². The van der Waals surface area contributed by atoms with Crippen LogP contribution in [0.1, 0.15) is 24.3 Å². The predicted octanol–water partition coefficient (Wildman–Crippen LogP) is 2.58. The fourth-order valence-electron chi connectivity index (χ4n) is 4.43. The Kier molecular flexibility index (Phi) is 8.41. The lowest BCUT2D eigenvalue weighted by molar-refractivity contribution is 0.122. The summed E-state index contributed by atoms with van der Waals surface area (Å²) in [5, 5.41) is 1.18. The van der Waals surface area contributed by atoms with Gasteiger partial charge in [-0.2, -0.15) is 4.31 Å². The van der Waals surface area contributed by atoms with Gasteiger partial charge in [0.2, 0.25) is 16.0 Å². The molecule has 2 saturated heterocycles. The van der Waals surface area contributed by atoms with E-state index in [4.69, 9.17) is 15.5 Å². The van der Waals surface area contributed by atoms with Gasteiger partial charge in [-0.05, 0) is 18.6 Å². The van der Waals surface area contributed by atoms with Crippen LogP contribution in [0.5, 0.6) is 0 Å². The quantitative estimate of drug-likeness (QED) is 0.528. The van der Waals surface area contributed by atoms with E-state index in [0.717, 1.165) is 49.8 Å². The van der Waals surface area contributed by atoms with E-state index in [0.29, 0.717) is 26.3 Å². The molecule has 0 amide bonds. The zero-order valence-electron chi connectivity index (χ0n) is 21.4. The summed E-state index contributed by atoms with van der Waals surface area (Å²) in [7, 11) is -3.14. The number of fused-ring (bicyclic) bond motifs is 1. The van der Waals surface area contributed by atoms with Crippen molar-refractivity contribution in [2.75, 3.05) is 69.4 Å². The highest BCUT2D eigenvalue weighted by molar-refractivity contribution is 7.88. The van der Waals surface area contributed by atoms with Crippen LogP contribution in [0, 0.1) is 6.92 Å². The minimum atomic E-state index is -3.14. The molecule has 5 rings (SSSR count). The normalized spacial score (nSPS) is 17.7. The van der Waals surface area contributed by atoms with Crippen molar-refractivity contribution in [1.82, 2.24) is 24.2 Å². The molecule has 0 unspecified atom stereocenters. The Balaban J connectivity index is 0.00000148. The molecule has 2 fully saturated rings. The average Bonchev–Trinajstić information content (AvgIpc) is 3.20. The molecule has 0 aliphatic carbocycles. The number of nitrogen functional groups attached to an aromatic ring is 1. The van der Waals surface area contributed by atoms with E-state index >= 15 is 0 Å². The molecule has 0 atom stereocenters. The van der Waals surface area contributed by atoms with Crippen molar-refractivity contribution < 1.29 is 13.2 Å². The summed E-state index contributed by atoms with van der Waals surface area (Å²) in [5.41, 5.74) is 8.57. The second-order valence-corrected chi connectivity index (χ2v) is 11.8. The van der Waals surface area contributed by atoms with Crippen LogP contribution in [0.2, 0.25) is 0 Å². The van der Waals surface area contributed by atoms with Gasteiger partial charge in [0, 0.05) is 74.0 Å². The zero-order valence-corrected chi connectivity index (χ0v) is 23.0. The molecule has 36 heavy (non-hydrogen) atoms. The molecule has 196 valence electrons. The number of rotatable bonds is 5. The van der Waals surface area contributed by atoms with Gasteiger partial charge in [0.05, 0.1) is 29.9 Å². The number of hydrogen-bond acceptors (Lipinski definition) is 10. The van der Waals surface area contributed by atoms with Crippen molar-refractivity contribution in [1.29, 1.82) is 0 Å². The summed E-state index contributed by atoms with van der Waals surface area (Å²) in [5.74, 6) is 1.21. The van der Waals surface area contributed by atoms with Crippen molar-refractivity contribution in [2.24, 2.45) is 0 Å². The zero-order chi connectivity index (χ0) is 25.9. The number of pyridine rings is 1. The first kappa shape index (κ1) is 26.7. The first-order valence-electron chi connectivity index (χ1n) is 12.3. The minimum Gasteiger partial charge on any atom is -0.378 e. The Labute approximate surface area is 217 Å². The van der Waals surface area contributed by atoms with E-state index in [1.54, 1.807) is 28.0 Å². The second kappa shape index (κ2) is 11.3. The number of anilines is 2. The number of hydrogen-bond donors (Lipinski definition) is 1. The molecule has 12 heteroatoms. The van der Waals surface area contributed by atoms with Gasteiger partial charge in [-0.1, -0.05) is 13.8 Å². The van der Waals surface area contributed by atoms with Crippen molar-refractivity contribution in [3.05, 3.63) is 28.9 Å². The number of sulfonamides is 1. The van der Waals surface area contributed by atoms with Gasteiger partial charge in [0.1, 0.15) is 5.82 Å². The van der Waals surface area contributed by atoms with Crippen LogP contribution in [-0.2, 0) is 21.3 Å². The summed E-state index contributed by atoms with van der Waals surface area (Å²) in [6, 6.07) is 2.12. The molecule has 2 aliphatic heterocycles. The molecule has 3 aromatic rings. The number of morpholine rings is 1. The minimum absolute atomic E-state index is 0.239. The summed E-state index contributed by atoms with van der Waals surface area (Å²) in [6.07, 6.45) is 4.70. The Hall–Kier alpha value is -2.38. The standard InChI is InChI=1S/C22H29N7O3S2.C2H6/c1-15-17-11-18(16-12-24-22(23)25-13-16)26-21(28-7-9-32-10-8-28)20(17)33-19(15)14-27-3-5-29(6-4-27)34(2,30)31;1-2/h11-13H,3-10,14H2,1-2H3,(H2,23,24,25);1-2H3. The van der Waals surface area contributed by atoms with Crippen LogP contribution >= 0.6 is 11.3 Å². The first-order chi connectivity index (χ1) is 17.3. The highest BCUT2D eigenvalue weighted by Crippen LogP contribution is 2.39. The van der Waals surface area contributed by atoms with Crippen LogP contribution in [0.25, 0.3) is 21.3 Å². The van der Waals surface area contributed by atoms with Crippen molar-refractivity contribution >= 4 is 43.2 Å². The fraction of sp³-hybridized carbons (Fsp3) is 0.542. The number of aryl methyl sites for hydroxylation is 1. The van der Waals surface area contributed by atoms with E-state index < -0.39 is 10.0 Å². The molecule has 0 bridgehead atoms. The maximum atomic E-state index is 11.9. The summed E-state index contributed by atoms with van der Waals surface area (Å²) < 4.78 is 32.0. The monoisotopic (exact) mass is 533 g/mol. The molecule has 5 heterocycles. The van der Waals surface area contributed by atoms with E-state index in [1.807, 2.05) is 13.8 Å². The number of thiophene rings is 1. The Morgan fingerprint density at radius 1 is 1.06 bits per heavy atom. The Morgan fingerprint density at radius 3 is 2.31 bits per heavy atom. The molecule has 0 radical (unpaired) electrons. The average molecular weight is 534 g/mol. The third-order valence-corrected chi connectivity index (χ3v) is 9.04. The maximum Gasteiger partial charge on any atom is 0.219 e. The molecule has 2 aliphatic rings. The third-order valence-electron chi connectivity index (χ3n) is 6.45. The van der Waals surface area contributed by atoms with E-state index in [1.165, 1.54) is 26.8 Å². The summed E-state index contributed by atoms with van der Waals surface area (Å²) in [4.78, 5) is 19.2. The van der Waals surface area contributed by atoms with E-state index in [-0.39, 0.29) is 5.95 Å². The lowest BCUT2D eigenvalue weighted by Crippen LogP contribution is -2.47. The molecular weight excluding hydrogens is 498 g/mol. The first-order valence-corrected chi connectivity index (χ1v) is 15.0. The number of ether oxygens (including phenoxy) is 1. The molecular formula is C24H35N7O3S2. The van der Waals surface area contributed by atoms with Crippen molar-refractivity contribution in [2.45, 2.75) is 27.3 Å². The van der Waals surface area contributed by atoms with Crippen molar-refractivity contribution in [3.63, 3.8) is 0 Å². The lowest BCUT2D eigenvalue weighted by Gasteiger charge is -2.33. The molecule has 10 nitrogen and oxygen atoms in total. The van der Waals surface area contributed by atoms with Gasteiger partial charge >= 0.3 is 0 Å². The van der Waals surface area contributed by atoms with Crippen LogP contribution in [-0.4, -0.2) is 91.3 Å². The SMILES string of the molecule is CC.Cc1c(CN2CCN(S(C)(=O)=O)CC2)sc2c(N3CCOCC3)nc(-c3cnc(N)nc3)cc12. The van der Waals surface area contributed by atoms with Crippen molar-refractivity contribution in [3.8, 4) is 11.3 Å². The number of nitrogens with zero attached hydrogens (tertiary/aromatic N) is 6. The lowest BCUT2D eigenvalue weighted by atomic mass is 10.1. The predicted molar refractivity (Wildman–Crippen MR) is 146 cm³/mol. The van der Waals surface area contributed by atoms with Gasteiger partial charge in [0.25, 0.3) is 0 Å². The van der Waals surface area contributed by atoms with Gasteiger partial charge in [0.15, 0.2) is 0 Å². The topological polar surface area (TPSA) is 118 Å². The van der Waals surface area contributed by atoms with E-state index in [9.17, 15) is 8.42 Å². The molecule has 0 aromatic carbocycles. The number of piperazine rings is 1. The number of nitrogens with two attached hydrogens (primary N) is 1. The largest absolute Gasteiger partial charge is 0.378 e. The Bertz CT molecular complexity index is 1280. The van der Waals surface area contributed by atoms with Gasteiger partial charge in [-0.15, -0.1) is 11.3 Å². The van der Waals surface area contributed by atoms with E-state index in [2.05, 4.69) is 32.8 Å². The van der Waals surface area contributed by atoms with Crippen LogP contribution < -0.4 is 10.6 Å². The molecule has 3 aromatic heterocycles. The Morgan fingerprint density at radius 2 is 1.69 bits per heavy atom. The maximum absolute atomic E-state index is 11.9. The van der Waals surface area contributed by atoms with Gasteiger partial charge < -0.3 is 15.4 Å². The van der Waals surface area contributed by atoms with Gasteiger partial charge in [-0.3, -0.25) is 4.90 Å². The molecule has 2 N–H and O–H groups in total. The highest BCUT2D eigenvalue weighted by Gasteiger charge is 2.26. The summed E-state index contributed by atoms with van der Waals surface area (Å²) >= 11 is 1.78. The number of aromatic nitrogens is 3. The van der Waals surface area contributed by atoms with Gasteiger partial charge in [-0.25, -0.2) is 23.4 Å². The van der Waals surface area contributed by atoms with Crippen LogP contribution in [0.3, 0.4) is 0 Å². The van der Waals surface area contributed by atoms with Crippen LogP contribution in [0.4, 0.5) is 11.8 Å². The third kappa shape index (κ3) is 5.78. The highest BCUT2D eigenvalue weighted by atomic mass is 32.2.